The van der Waals surface area contributed by atoms with E-state index in [1.807, 2.05) is 0 Å². The topological polar surface area (TPSA) is 105 Å². The predicted octanol–water partition coefficient (Wildman–Crippen LogP) is 2.78. The fraction of sp³-hybridized carbons (Fsp3) is 0.211. The highest BCUT2D eigenvalue weighted by atomic mass is 16.6. The fourth-order valence-corrected chi connectivity index (χ4v) is 2.71. The Labute approximate surface area is 160 Å². The van der Waals surface area contributed by atoms with Crippen LogP contribution in [-0.4, -0.2) is 43.5 Å². The number of hydrogen-bond donors (Lipinski definition) is 1. The van der Waals surface area contributed by atoms with E-state index in [9.17, 15) is 4.79 Å². The van der Waals surface area contributed by atoms with Crippen molar-refractivity contribution in [2.75, 3.05) is 32.8 Å². The van der Waals surface area contributed by atoms with Crippen molar-refractivity contribution in [3.63, 3.8) is 0 Å². The Hall–Kier alpha value is -3.75. The van der Waals surface area contributed by atoms with Crippen molar-refractivity contribution in [3.05, 3.63) is 42.0 Å². The van der Waals surface area contributed by atoms with Crippen LogP contribution in [0.1, 0.15) is 10.4 Å². The first-order valence-electron chi connectivity index (χ1n) is 8.45. The molecule has 1 N–H and O–H groups in total. The number of hydrogen-bond acceptors (Lipinski definition) is 8. The maximum Gasteiger partial charge on any atom is 0.322 e. The van der Waals surface area contributed by atoms with Crippen LogP contribution >= 0.6 is 0 Å². The molecule has 1 amide bonds. The smallest absolute Gasteiger partial charge is 0.322 e. The fourth-order valence-electron chi connectivity index (χ4n) is 2.71. The lowest BCUT2D eigenvalue weighted by molar-refractivity contribution is 0.102. The second-order valence-electron chi connectivity index (χ2n) is 5.79. The normalized spacial score (nSPS) is 12.4. The second kappa shape index (κ2) is 7.47. The largest absolute Gasteiger partial charge is 0.493 e. The quantitative estimate of drug-likeness (QED) is 0.717. The molecule has 0 bridgehead atoms. The molecule has 2 aromatic carbocycles. The highest BCUT2D eigenvalue weighted by Gasteiger charge is 2.17. The summed E-state index contributed by atoms with van der Waals surface area (Å²) in [6, 6.07) is 10.1. The molecule has 1 aliphatic rings. The summed E-state index contributed by atoms with van der Waals surface area (Å²) in [5.41, 5.74) is 1.01. The van der Waals surface area contributed by atoms with Crippen LogP contribution in [0.4, 0.5) is 6.01 Å². The van der Waals surface area contributed by atoms with Gasteiger partial charge in [-0.25, -0.2) is 0 Å². The average Bonchev–Trinajstić information content (AvgIpc) is 3.21. The van der Waals surface area contributed by atoms with Crippen molar-refractivity contribution in [3.8, 4) is 34.5 Å². The minimum absolute atomic E-state index is 0.0235. The molecule has 0 saturated carbocycles. The standard InChI is InChI=1S/C19H17N3O6/c1-24-13-5-3-11(9-15(13)25-2)17(23)20-19-22-21-18(28-19)12-4-6-14-16(10-12)27-8-7-26-14/h3-6,9-10H,7-8H2,1-2H3,(H,20,22,23). The van der Waals surface area contributed by atoms with Gasteiger partial charge in [-0.2, -0.15) is 0 Å². The van der Waals surface area contributed by atoms with E-state index in [0.29, 0.717) is 47.3 Å². The summed E-state index contributed by atoms with van der Waals surface area (Å²) in [5.74, 6) is 2.07. The van der Waals surface area contributed by atoms with Crippen LogP contribution in [0.2, 0.25) is 0 Å². The predicted molar refractivity (Wildman–Crippen MR) is 98.2 cm³/mol. The first-order valence-corrected chi connectivity index (χ1v) is 8.45. The Bertz CT molecular complexity index is 1020. The van der Waals surface area contributed by atoms with E-state index in [1.165, 1.54) is 14.2 Å². The molecule has 1 aromatic heterocycles. The molecular weight excluding hydrogens is 366 g/mol. The maximum atomic E-state index is 12.4. The van der Waals surface area contributed by atoms with E-state index in [2.05, 4.69) is 15.5 Å². The number of ether oxygens (including phenoxy) is 4. The molecule has 2 heterocycles. The molecule has 1 aliphatic heterocycles. The summed E-state index contributed by atoms with van der Waals surface area (Å²) in [6.45, 7) is 0.992. The van der Waals surface area contributed by atoms with Crippen molar-refractivity contribution in [2.45, 2.75) is 0 Å². The Morgan fingerprint density at radius 1 is 0.964 bits per heavy atom. The Morgan fingerprint density at radius 3 is 2.54 bits per heavy atom. The summed E-state index contributed by atoms with van der Waals surface area (Å²) in [4.78, 5) is 12.4. The molecule has 28 heavy (non-hydrogen) atoms. The van der Waals surface area contributed by atoms with Crippen LogP contribution in [0.3, 0.4) is 0 Å². The van der Waals surface area contributed by atoms with Crippen LogP contribution < -0.4 is 24.3 Å². The molecule has 4 rings (SSSR count). The number of benzene rings is 2. The monoisotopic (exact) mass is 383 g/mol. The van der Waals surface area contributed by atoms with E-state index in [4.69, 9.17) is 23.4 Å². The molecule has 3 aromatic rings. The molecule has 0 saturated heterocycles. The van der Waals surface area contributed by atoms with Gasteiger partial charge in [0.2, 0.25) is 5.89 Å². The third kappa shape index (κ3) is 3.41. The van der Waals surface area contributed by atoms with Crippen molar-refractivity contribution in [1.29, 1.82) is 0 Å². The summed E-state index contributed by atoms with van der Waals surface area (Å²) in [7, 11) is 3.02. The number of nitrogens with one attached hydrogen (secondary N) is 1. The average molecular weight is 383 g/mol. The zero-order valence-corrected chi connectivity index (χ0v) is 15.2. The molecule has 9 heteroatoms. The van der Waals surface area contributed by atoms with Gasteiger partial charge in [-0.15, -0.1) is 5.10 Å². The first-order chi connectivity index (χ1) is 13.7. The van der Waals surface area contributed by atoms with Gasteiger partial charge in [0.1, 0.15) is 13.2 Å². The van der Waals surface area contributed by atoms with Gasteiger partial charge < -0.3 is 23.4 Å². The molecule has 0 atom stereocenters. The van der Waals surface area contributed by atoms with Gasteiger partial charge in [-0.05, 0) is 36.4 Å². The lowest BCUT2D eigenvalue weighted by atomic mass is 10.2. The second-order valence-corrected chi connectivity index (χ2v) is 5.79. The van der Waals surface area contributed by atoms with Crippen molar-refractivity contribution in [2.24, 2.45) is 0 Å². The highest BCUT2D eigenvalue weighted by Crippen LogP contribution is 2.34. The number of anilines is 1. The lowest BCUT2D eigenvalue weighted by Gasteiger charge is -2.18. The lowest BCUT2D eigenvalue weighted by Crippen LogP contribution is -2.15. The SMILES string of the molecule is COc1ccc(C(=O)Nc2nnc(-c3ccc4c(c3)OCCO4)o2)cc1OC. The van der Waals surface area contributed by atoms with Gasteiger partial charge in [0.25, 0.3) is 5.91 Å². The molecule has 0 fully saturated rings. The number of carbonyl (C=O) groups is 1. The number of amides is 1. The summed E-state index contributed by atoms with van der Waals surface area (Å²) in [6.07, 6.45) is 0. The van der Waals surface area contributed by atoms with Gasteiger partial charge >= 0.3 is 6.01 Å². The number of nitrogens with zero attached hydrogens (tertiary/aromatic N) is 2. The van der Waals surface area contributed by atoms with E-state index >= 15 is 0 Å². The van der Waals surface area contributed by atoms with Crippen LogP contribution in [-0.2, 0) is 0 Å². The Kier molecular flexibility index (Phi) is 4.71. The molecule has 0 aliphatic carbocycles. The summed E-state index contributed by atoms with van der Waals surface area (Å²) >= 11 is 0. The Balaban J connectivity index is 1.51. The van der Waals surface area contributed by atoms with Gasteiger partial charge in [0, 0.05) is 11.1 Å². The highest BCUT2D eigenvalue weighted by molar-refractivity contribution is 6.03. The number of methoxy groups -OCH3 is 2. The molecular formula is C19H17N3O6. The third-order valence-corrected chi connectivity index (χ3v) is 4.08. The molecule has 9 nitrogen and oxygen atoms in total. The number of rotatable bonds is 5. The van der Waals surface area contributed by atoms with E-state index < -0.39 is 5.91 Å². The van der Waals surface area contributed by atoms with E-state index in [-0.39, 0.29) is 11.9 Å². The molecule has 0 spiro atoms. The summed E-state index contributed by atoms with van der Waals surface area (Å²) in [5, 5.41) is 10.4. The minimum atomic E-state index is -0.418. The zero-order valence-electron chi connectivity index (χ0n) is 15.2. The van der Waals surface area contributed by atoms with Crippen LogP contribution in [0.15, 0.2) is 40.8 Å². The Morgan fingerprint density at radius 2 is 1.75 bits per heavy atom. The van der Waals surface area contributed by atoms with Crippen LogP contribution in [0.5, 0.6) is 23.0 Å². The zero-order chi connectivity index (χ0) is 19.5. The number of aromatic nitrogens is 2. The van der Waals surface area contributed by atoms with Gasteiger partial charge in [-0.1, -0.05) is 5.10 Å². The van der Waals surface area contributed by atoms with Gasteiger partial charge in [0.15, 0.2) is 23.0 Å². The number of carbonyl (C=O) groups excluding carboxylic acids is 1. The summed E-state index contributed by atoms with van der Waals surface area (Å²) < 4.78 is 27.0. The molecule has 144 valence electrons. The van der Waals surface area contributed by atoms with Crippen molar-refractivity contribution >= 4 is 11.9 Å². The maximum absolute atomic E-state index is 12.4. The number of fused-ring (bicyclic) bond motifs is 1. The van der Waals surface area contributed by atoms with Crippen molar-refractivity contribution < 1.29 is 28.2 Å². The molecule has 0 radical (unpaired) electrons. The minimum Gasteiger partial charge on any atom is -0.493 e. The van der Waals surface area contributed by atoms with Gasteiger partial charge in [-0.3, -0.25) is 10.1 Å². The van der Waals surface area contributed by atoms with Crippen molar-refractivity contribution in [1.82, 2.24) is 10.2 Å². The first kappa shape index (κ1) is 17.7. The van der Waals surface area contributed by atoms with Gasteiger partial charge in [0.05, 0.1) is 14.2 Å². The van der Waals surface area contributed by atoms with E-state index in [0.717, 1.165) is 0 Å². The van der Waals surface area contributed by atoms with E-state index in [1.54, 1.807) is 36.4 Å². The molecule has 0 unspecified atom stereocenters. The van der Waals surface area contributed by atoms with Crippen LogP contribution in [0, 0.1) is 0 Å². The third-order valence-electron chi connectivity index (χ3n) is 4.08. The van der Waals surface area contributed by atoms with Crippen LogP contribution in [0.25, 0.3) is 11.5 Å².